The zero-order valence-corrected chi connectivity index (χ0v) is 11.5. The third-order valence-electron chi connectivity index (χ3n) is 3.55. The maximum Gasteiger partial charge on any atom is 0.0638 e. The Bertz CT molecular complexity index is 342. The third kappa shape index (κ3) is 3.69. The lowest BCUT2D eigenvalue weighted by Gasteiger charge is -2.31. The summed E-state index contributed by atoms with van der Waals surface area (Å²) < 4.78 is 1.90. The Morgan fingerprint density at radius 1 is 1.41 bits per heavy atom. The molecule has 17 heavy (non-hydrogen) atoms. The molecule has 0 aromatic carbocycles. The lowest BCUT2D eigenvalue weighted by molar-refractivity contribution is 0.180. The summed E-state index contributed by atoms with van der Waals surface area (Å²) in [6, 6.07) is 0. The summed E-state index contributed by atoms with van der Waals surface area (Å²) in [7, 11) is 1.98. The number of nitrogens with zero attached hydrogens (tertiary/aromatic N) is 3. The van der Waals surface area contributed by atoms with Crippen molar-refractivity contribution in [2.75, 3.05) is 19.6 Å². The Balaban J connectivity index is 0.00000144. The lowest BCUT2D eigenvalue weighted by atomic mass is 9.97. The molecule has 1 saturated heterocycles. The Kier molecular flexibility index (Phi) is 5.43. The van der Waals surface area contributed by atoms with Crippen molar-refractivity contribution in [1.29, 1.82) is 0 Å². The van der Waals surface area contributed by atoms with Crippen LogP contribution in [0.3, 0.4) is 0 Å². The van der Waals surface area contributed by atoms with E-state index in [-0.39, 0.29) is 12.4 Å². The molecule has 4 nitrogen and oxygen atoms in total. The molecule has 0 unspecified atom stereocenters. The summed E-state index contributed by atoms with van der Waals surface area (Å²) in [5, 5.41) is 4.38. The number of aromatic nitrogens is 2. The van der Waals surface area contributed by atoms with Crippen molar-refractivity contribution in [2.24, 2.45) is 18.7 Å². The van der Waals surface area contributed by atoms with E-state index >= 15 is 0 Å². The number of likely N-dealkylation sites (tertiary alicyclic amines) is 1. The molecule has 0 radical (unpaired) electrons. The second kappa shape index (κ2) is 6.38. The largest absolute Gasteiger partial charge is 0.330 e. The van der Waals surface area contributed by atoms with Crippen molar-refractivity contribution in [3.05, 3.63) is 17.5 Å². The number of halogens is 1. The van der Waals surface area contributed by atoms with E-state index in [2.05, 4.69) is 23.1 Å². The molecule has 0 amide bonds. The van der Waals surface area contributed by atoms with Crippen molar-refractivity contribution in [2.45, 2.75) is 26.3 Å². The maximum absolute atomic E-state index is 5.70. The molecule has 2 heterocycles. The van der Waals surface area contributed by atoms with E-state index in [9.17, 15) is 0 Å². The summed E-state index contributed by atoms with van der Waals surface area (Å²) in [6.07, 6.45) is 4.62. The van der Waals surface area contributed by atoms with Crippen LogP contribution in [0.4, 0.5) is 0 Å². The van der Waals surface area contributed by atoms with Gasteiger partial charge in [0.2, 0.25) is 0 Å². The van der Waals surface area contributed by atoms with Crippen molar-refractivity contribution in [1.82, 2.24) is 14.7 Å². The summed E-state index contributed by atoms with van der Waals surface area (Å²) in [5.74, 6) is 0.742. The molecule has 2 rings (SSSR count). The van der Waals surface area contributed by atoms with Gasteiger partial charge in [0.1, 0.15) is 0 Å². The van der Waals surface area contributed by atoms with Crippen LogP contribution in [0.2, 0.25) is 0 Å². The van der Waals surface area contributed by atoms with Gasteiger partial charge in [0, 0.05) is 25.4 Å². The zero-order valence-electron chi connectivity index (χ0n) is 10.7. The highest BCUT2D eigenvalue weighted by atomic mass is 35.5. The van der Waals surface area contributed by atoms with Gasteiger partial charge in [0.15, 0.2) is 0 Å². The SMILES string of the molecule is Cc1nn(C)cc1CN1CCC(CN)CC1.Cl. The van der Waals surface area contributed by atoms with Gasteiger partial charge in [-0.25, -0.2) is 0 Å². The van der Waals surface area contributed by atoms with Gasteiger partial charge in [-0.3, -0.25) is 9.58 Å². The predicted octanol–water partition coefficient (Wildman–Crippen LogP) is 1.32. The van der Waals surface area contributed by atoms with Crippen LogP contribution in [-0.4, -0.2) is 34.3 Å². The van der Waals surface area contributed by atoms with E-state index < -0.39 is 0 Å². The van der Waals surface area contributed by atoms with Gasteiger partial charge in [-0.05, 0) is 45.3 Å². The number of nitrogens with two attached hydrogens (primary N) is 1. The van der Waals surface area contributed by atoms with Crippen LogP contribution < -0.4 is 5.73 Å². The van der Waals surface area contributed by atoms with Gasteiger partial charge in [-0.2, -0.15) is 5.10 Å². The molecule has 2 N–H and O–H groups in total. The molecule has 0 atom stereocenters. The standard InChI is InChI=1S/C12H22N4.ClH/c1-10-12(8-15(2)14-10)9-16-5-3-11(7-13)4-6-16;/h8,11H,3-7,9,13H2,1-2H3;1H. The van der Waals surface area contributed by atoms with Gasteiger partial charge in [0.25, 0.3) is 0 Å². The zero-order chi connectivity index (χ0) is 11.5. The average molecular weight is 259 g/mol. The summed E-state index contributed by atoms with van der Waals surface area (Å²) in [6.45, 7) is 6.32. The molecule has 1 aliphatic heterocycles. The number of hydrogen-bond donors (Lipinski definition) is 1. The first-order valence-corrected chi connectivity index (χ1v) is 6.10. The molecule has 1 aromatic heterocycles. The summed E-state index contributed by atoms with van der Waals surface area (Å²) in [5.41, 5.74) is 8.21. The molecule has 5 heteroatoms. The first kappa shape index (κ1) is 14.5. The van der Waals surface area contributed by atoms with Gasteiger partial charge in [-0.15, -0.1) is 12.4 Å². The minimum atomic E-state index is 0. The Labute approximate surface area is 110 Å². The minimum Gasteiger partial charge on any atom is -0.330 e. The number of piperidine rings is 1. The molecule has 98 valence electrons. The molecule has 1 fully saturated rings. The van der Waals surface area contributed by atoms with E-state index in [0.717, 1.165) is 24.7 Å². The first-order chi connectivity index (χ1) is 7.69. The smallest absolute Gasteiger partial charge is 0.0638 e. The van der Waals surface area contributed by atoms with Gasteiger partial charge < -0.3 is 5.73 Å². The Hall–Kier alpha value is -0.580. The summed E-state index contributed by atoms with van der Waals surface area (Å²) in [4.78, 5) is 2.51. The molecular formula is C12H23ClN4. The fourth-order valence-corrected chi connectivity index (χ4v) is 2.43. The minimum absolute atomic E-state index is 0. The van der Waals surface area contributed by atoms with E-state index in [1.54, 1.807) is 0 Å². The highest BCUT2D eigenvalue weighted by molar-refractivity contribution is 5.85. The summed E-state index contributed by atoms with van der Waals surface area (Å²) >= 11 is 0. The van der Waals surface area contributed by atoms with Crippen molar-refractivity contribution >= 4 is 12.4 Å². The number of hydrogen-bond acceptors (Lipinski definition) is 3. The van der Waals surface area contributed by atoms with Crippen LogP contribution in [0.5, 0.6) is 0 Å². The molecule has 0 bridgehead atoms. The lowest BCUT2D eigenvalue weighted by Crippen LogP contribution is -2.35. The number of rotatable bonds is 3. The van der Waals surface area contributed by atoms with Gasteiger partial charge >= 0.3 is 0 Å². The van der Waals surface area contributed by atoms with Crippen molar-refractivity contribution in [3.63, 3.8) is 0 Å². The van der Waals surface area contributed by atoms with Crippen LogP contribution >= 0.6 is 12.4 Å². The third-order valence-corrected chi connectivity index (χ3v) is 3.55. The highest BCUT2D eigenvalue weighted by Crippen LogP contribution is 2.18. The highest BCUT2D eigenvalue weighted by Gasteiger charge is 2.18. The van der Waals surface area contributed by atoms with Crippen LogP contribution in [-0.2, 0) is 13.6 Å². The molecule has 0 aliphatic carbocycles. The van der Waals surface area contributed by atoms with Crippen molar-refractivity contribution < 1.29 is 0 Å². The normalized spacial score (nSPS) is 18.1. The topological polar surface area (TPSA) is 47.1 Å². The quantitative estimate of drug-likeness (QED) is 0.890. The second-order valence-corrected chi connectivity index (χ2v) is 4.87. The van der Waals surface area contributed by atoms with Crippen LogP contribution in [0.1, 0.15) is 24.1 Å². The van der Waals surface area contributed by atoms with E-state index in [4.69, 9.17) is 5.73 Å². The van der Waals surface area contributed by atoms with Crippen LogP contribution in [0, 0.1) is 12.8 Å². The molecule has 0 spiro atoms. The monoisotopic (exact) mass is 258 g/mol. The van der Waals surface area contributed by atoms with Gasteiger partial charge in [0.05, 0.1) is 5.69 Å². The fraction of sp³-hybridized carbons (Fsp3) is 0.750. The molecule has 1 aromatic rings. The number of aryl methyl sites for hydroxylation is 2. The predicted molar refractivity (Wildman–Crippen MR) is 72.2 cm³/mol. The van der Waals surface area contributed by atoms with Crippen LogP contribution in [0.15, 0.2) is 6.20 Å². The van der Waals surface area contributed by atoms with E-state index in [1.165, 1.54) is 31.5 Å². The molecular weight excluding hydrogens is 236 g/mol. The van der Waals surface area contributed by atoms with Gasteiger partial charge in [-0.1, -0.05) is 0 Å². The average Bonchev–Trinajstić information content (AvgIpc) is 2.59. The second-order valence-electron chi connectivity index (χ2n) is 4.87. The van der Waals surface area contributed by atoms with E-state index in [0.29, 0.717) is 0 Å². The van der Waals surface area contributed by atoms with Crippen LogP contribution in [0.25, 0.3) is 0 Å². The first-order valence-electron chi connectivity index (χ1n) is 6.10. The van der Waals surface area contributed by atoms with E-state index in [1.807, 2.05) is 11.7 Å². The Morgan fingerprint density at radius 2 is 2.06 bits per heavy atom. The molecule has 1 aliphatic rings. The maximum atomic E-state index is 5.70. The van der Waals surface area contributed by atoms with Crippen molar-refractivity contribution in [3.8, 4) is 0 Å². The fourth-order valence-electron chi connectivity index (χ4n) is 2.43. The molecule has 0 saturated carbocycles. The Morgan fingerprint density at radius 3 is 2.53 bits per heavy atom.